The second-order valence-electron chi connectivity index (χ2n) is 4.44. The topological polar surface area (TPSA) is 36.9 Å². The Morgan fingerprint density at radius 1 is 1.21 bits per heavy atom. The van der Waals surface area contributed by atoms with Crippen molar-refractivity contribution in [3.8, 4) is 5.75 Å². The van der Waals surface area contributed by atoms with Gasteiger partial charge in [0.2, 0.25) is 0 Å². The van der Waals surface area contributed by atoms with Gasteiger partial charge in [-0.1, -0.05) is 0 Å². The van der Waals surface area contributed by atoms with Crippen molar-refractivity contribution in [2.75, 3.05) is 26.4 Å². The molecule has 6 heteroatoms. The smallest absolute Gasteiger partial charge is 0.188 e. The molecule has 0 unspecified atom stereocenters. The molecule has 19 heavy (non-hydrogen) atoms. The molecule has 0 saturated carbocycles. The van der Waals surface area contributed by atoms with Crippen LogP contribution in [0, 0.1) is 5.82 Å². The highest BCUT2D eigenvalue weighted by Gasteiger charge is 2.27. The summed E-state index contributed by atoms with van der Waals surface area (Å²) in [5.41, 5.74) is 0.351. The van der Waals surface area contributed by atoms with E-state index >= 15 is 0 Å². The minimum atomic E-state index is -0.669. The summed E-state index contributed by atoms with van der Waals surface area (Å²) in [5, 5.41) is 0. The van der Waals surface area contributed by atoms with E-state index in [1.807, 2.05) is 0 Å². The number of hydrogen-bond acceptors (Lipinski definition) is 4. The maximum atomic E-state index is 13.9. The summed E-state index contributed by atoms with van der Waals surface area (Å²) in [6.45, 7) is 2.19. The van der Waals surface area contributed by atoms with Gasteiger partial charge in [0.15, 0.2) is 6.29 Å². The predicted molar refractivity (Wildman–Crippen MR) is 68.6 cm³/mol. The minimum Gasteiger partial charge on any atom is -0.490 e. The van der Waals surface area contributed by atoms with Crippen LogP contribution in [0.25, 0.3) is 0 Å². The summed E-state index contributed by atoms with van der Waals surface area (Å²) in [5.74, 6) is 0.206. The van der Waals surface area contributed by atoms with Crippen LogP contribution < -0.4 is 4.74 Å². The normalized spacial score (nSPS) is 23.4. The van der Waals surface area contributed by atoms with Gasteiger partial charge in [0.05, 0.1) is 29.4 Å². The number of halogens is 2. The lowest BCUT2D eigenvalue weighted by molar-refractivity contribution is -0.0724. The molecule has 0 spiro atoms. The van der Waals surface area contributed by atoms with Crippen LogP contribution in [0.2, 0.25) is 0 Å². The highest BCUT2D eigenvalue weighted by Crippen LogP contribution is 2.38. The van der Waals surface area contributed by atoms with Gasteiger partial charge in [0.1, 0.15) is 18.2 Å². The Morgan fingerprint density at radius 3 is 2.58 bits per heavy atom. The third kappa shape index (κ3) is 2.76. The molecule has 1 aromatic carbocycles. The number of hydrogen-bond donors (Lipinski definition) is 0. The van der Waals surface area contributed by atoms with E-state index in [9.17, 15) is 4.39 Å². The lowest BCUT2D eigenvalue weighted by Crippen LogP contribution is -2.32. The number of benzene rings is 1. The average molecular weight is 333 g/mol. The van der Waals surface area contributed by atoms with Crippen molar-refractivity contribution >= 4 is 15.9 Å². The van der Waals surface area contributed by atoms with Gasteiger partial charge in [0, 0.05) is 13.0 Å². The molecule has 2 saturated heterocycles. The Kier molecular flexibility index (Phi) is 4.02. The highest BCUT2D eigenvalue weighted by molar-refractivity contribution is 9.10. The van der Waals surface area contributed by atoms with E-state index in [1.165, 1.54) is 6.07 Å². The van der Waals surface area contributed by atoms with Crippen molar-refractivity contribution < 1.29 is 23.3 Å². The average Bonchev–Trinajstić information content (AvgIpc) is 2.83. The van der Waals surface area contributed by atoms with Gasteiger partial charge in [-0.25, -0.2) is 4.39 Å². The molecular formula is C13H14BrFO4. The van der Waals surface area contributed by atoms with E-state index in [1.54, 1.807) is 6.07 Å². The van der Waals surface area contributed by atoms with Gasteiger partial charge >= 0.3 is 0 Å². The van der Waals surface area contributed by atoms with Crippen molar-refractivity contribution in [1.82, 2.24) is 0 Å². The summed E-state index contributed by atoms with van der Waals surface area (Å²) in [7, 11) is 0. The molecule has 0 aliphatic carbocycles. The monoisotopic (exact) mass is 332 g/mol. The molecule has 0 radical (unpaired) electrons. The van der Waals surface area contributed by atoms with Gasteiger partial charge in [0.25, 0.3) is 0 Å². The van der Waals surface area contributed by atoms with Gasteiger partial charge < -0.3 is 18.9 Å². The zero-order valence-corrected chi connectivity index (χ0v) is 11.8. The van der Waals surface area contributed by atoms with Gasteiger partial charge in [-0.3, -0.25) is 0 Å². The quantitative estimate of drug-likeness (QED) is 0.849. The molecule has 2 aliphatic rings. The zero-order valence-electron chi connectivity index (χ0n) is 10.2. The van der Waals surface area contributed by atoms with Crippen LogP contribution in [0.5, 0.6) is 5.75 Å². The van der Waals surface area contributed by atoms with Crippen LogP contribution >= 0.6 is 15.9 Å². The SMILES string of the molecule is Fc1ccc(OC[C@H]2CCO2)c(Br)c1C1OCCO1. The maximum absolute atomic E-state index is 13.9. The molecule has 2 heterocycles. The molecule has 4 nitrogen and oxygen atoms in total. The summed E-state index contributed by atoms with van der Waals surface area (Å²) in [4.78, 5) is 0. The van der Waals surface area contributed by atoms with Gasteiger partial charge in [-0.15, -0.1) is 0 Å². The Balaban J connectivity index is 1.78. The molecule has 1 atom stereocenters. The lowest BCUT2D eigenvalue weighted by atomic mass is 10.2. The summed E-state index contributed by atoms with van der Waals surface area (Å²) in [6.07, 6.45) is 0.470. The Labute approximate surface area is 118 Å². The zero-order chi connectivity index (χ0) is 13.2. The second-order valence-corrected chi connectivity index (χ2v) is 5.23. The maximum Gasteiger partial charge on any atom is 0.188 e. The molecule has 104 valence electrons. The fourth-order valence-corrected chi connectivity index (χ4v) is 2.62. The number of rotatable bonds is 4. The Hall–Kier alpha value is -0.690. The molecule has 0 bridgehead atoms. The standard InChI is InChI=1S/C13H14BrFO4/c14-12-10(19-7-8-3-4-16-8)2-1-9(15)11(12)13-17-5-6-18-13/h1-2,8,13H,3-7H2/t8-/m1/s1. The largest absolute Gasteiger partial charge is 0.490 e. The first-order chi connectivity index (χ1) is 9.25. The van der Waals surface area contributed by atoms with Crippen LogP contribution in [-0.4, -0.2) is 32.5 Å². The fraction of sp³-hybridized carbons (Fsp3) is 0.538. The summed E-state index contributed by atoms with van der Waals surface area (Å²) < 4.78 is 36.0. The predicted octanol–water partition coefficient (Wildman–Crippen LogP) is 2.80. The minimum absolute atomic E-state index is 0.138. The van der Waals surface area contributed by atoms with E-state index in [4.69, 9.17) is 18.9 Å². The van der Waals surface area contributed by atoms with Crippen molar-refractivity contribution in [3.63, 3.8) is 0 Å². The molecular weight excluding hydrogens is 319 g/mol. The molecule has 0 N–H and O–H groups in total. The number of ether oxygens (including phenoxy) is 4. The molecule has 2 fully saturated rings. The molecule has 2 aliphatic heterocycles. The van der Waals surface area contributed by atoms with Crippen LogP contribution in [0.4, 0.5) is 4.39 Å². The van der Waals surface area contributed by atoms with Crippen LogP contribution in [-0.2, 0) is 14.2 Å². The van der Waals surface area contributed by atoms with Gasteiger partial charge in [-0.05, 0) is 28.1 Å². The van der Waals surface area contributed by atoms with Gasteiger partial charge in [-0.2, -0.15) is 0 Å². The first-order valence-corrected chi connectivity index (χ1v) is 7.00. The van der Waals surface area contributed by atoms with Crippen LogP contribution in [0.15, 0.2) is 16.6 Å². The first-order valence-electron chi connectivity index (χ1n) is 6.21. The second kappa shape index (κ2) is 5.75. The summed E-state index contributed by atoms with van der Waals surface area (Å²) >= 11 is 3.37. The Bertz CT molecular complexity index is 458. The molecule has 3 rings (SSSR count). The third-order valence-electron chi connectivity index (χ3n) is 3.17. The van der Waals surface area contributed by atoms with Crippen molar-refractivity contribution in [2.45, 2.75) is 18.8 Å². The molecule has 0 amide bonds. The van der Waals surface area contributed by atoms with E-state index in [0.29, 0.717) is 35.6 Å². The Morgan fingerprint density at radius 2 is 1.95 bits per heavy atom. The van der Waals surface area contributed by atoms with Crippen molar-refractivity contribution in [1.29, 1.82) is 0 Å². The van der Waals surface area contributed by atoms with E-state index in [2.05, 4.69) is 15.9 Å². The van der Waals surface area contributed by atoms with E-state index < -0.39 is 6.29 Å². The van der Waals surface area contributed by atoms with Crippen molar-refractivity contribution in [2.24, 2.45) is 0 Å². The van der Waals surface area contributed by atoms with Crippen LogP contribution in [0.1, 0.15) is 18.3 Å². The van der Waals surface area contributed by atoms with E-state index in [0.717, 1.165) is 13.0 Å². The van der Waals surface area contributed by atoms with Crippen LogP contribution in [0.3, 0.4) is 0 Å². The lowest BCUT2D eigenvalue weighted by Gasteiger charge is -2.26. The molecule has 0 aromatic heterocycles. The highest BCUT2D eigenvalue weighted by atomic mass is 79.9. The molecule has 1 aromatic rings. The van der Waals surface area contributed by atoms with E-state index in [-0.39, 0.29) is 11.9 Å². The first kappa shape index (κ1) is 13.3. The fourth-order valence-electron chi connectivity index (χ4n) is 2.00. The third-order valence-corrected chi connectivity index (χ3v) is 3.98. The summed E-state index contributed by atoms with van der Waals surface area (Å²) in [6, 6.07) is 2.96. The van der Waals surface area contributed by atoms with Crippen molar-refractivity contribution in [3.05, 3.63) is 28.0 Å².